The van der Waals surface area contributed by atoms with Crippen molar-refractivity contribution >= 4 is 22.6 Å². The van der Waals surface area contributed by atoms with Gasteiger partial charge in [-0.15, -0.1) is 0 Å². The van der Waals surface area contributed by atoms with Gasteiger partial charge in [0.05, 0.1) is 0 Å². The first-order chi connectivity index (χ1) is 12.6. The number of anilines is 1. The number of pyridine rings is 1. The molecule has 26 heavy (non-hydrogen) atoms. The molecule has 128 valence electrons. The van der Waals surface area contributed by atoms with E-state index in [9.17, 15) is 9.18 Å². The van der Waals surface area contributed by atoms with Crippen LogP contribution in [0.15, 0.2) is 67.0 Å². The summed E-state index contributed by atoms with van der Waals surface area (Å²) in [6.07, 6.45) is 3.62. The van der Waals surface area contributed by atoms with E-state index in [1.165, 1.54) is 19.1 Å². The van der Waals surface area contributed by atoms with Gasteiger partial charge in [-0.2, -0.15) is 0 Å². The second-order valence-corrected chi connectivity index (χ2v) is 6.09. The van der Waals surface area contributed by atoms with Gasteiger partial charge in [-0.1, -0.05) is 24.3 Å². The van der Waals surface area contributed by atoms with Crippen molar-refractivity contribution in [3.05, 3.63) is 72.8 Å². The highest BCUT2D eigenvalue weighted by atomic mass is 19.1. The first-order valence-electron chi connectivity index (χ1n) is 8.21. The lowest BCUT2D eigenvalue weighted by Gasteiger charge is -2.06. The van der Waals surface area contributed by atoms with Crippen molar-refractivity contribution in [2.75, 3.05) is 5.32 Å². The van der Waals surface area contributed by atoms with Crippen molar-refractivity contribution in [1.82, 2.24) is 9.97 Å². The number of benzene rings is 2. The van der Waals surface area contributed by atoms with Gasteiger partial charge in [-0.05, 0) is 41.5 Å². The molecule has 0 aliphatic rings. The monoisotopic (exact) mass is 345 g/mol. The molecule has 0 aliphatic heterocycles. The van der Waals surface area contributed by atoms with Crippen molar-refractivity contribution in [1.29, 1.82) is 0 Å². The van der Waals surface area contributed by atoms with Gasteiger partial charge in [-0.25, -0.2) is 9.37 Å². The Morgan fingerprint density at radius 3 is 2.65 bits per heavy atom. The Bertz CT molecular complexity index is 1120. The normalized spacial score (nSPS) is 10.8. The van der Waals surface area contributed by atoms with E-state index in [4.69, 9.17) is 0 Å². The lowest BCUT2D eigenvalue weighted by Crippen LogP contribution is -2.05. The molecular weight excluding hydrogens is 329 g/mol. The third kappa shape index (κ3) is 3.07. The third-order valence-corrected chi connectivity index (χ3v) is 4.18. The molecule has 0 atom stereocenters. The van der Waals surface area contributed by atoms with Gasteiger partial charge in [0.1, 0.15) is 11.5 Å². The summed E-state index contributed by atoms with van der Waals surface area (Å²) in [4.78, 5) is 18.9. The predicted octanol–water partition coefficient (Wildman–Crippen LogP) is 4.99. The minimum Gasteiger partial charge on any atom is -0.346 e. The van der Waals surface area contributed by atoms with Crippen molar-refractivity contribution in [2.24, 2.45) is 0 Å². The maximum absolute atomic E-state index is 13.5. The average Bonchev–Trinajstić information content (AvgIpc) is 3.04. The number of halogens is 1. The van der Waals surface area contributed by atoms with Crippen LogP contribution in [-0.2, 0) is 4.79 Å². The van der Waals surface area contributed by atoms with Crippen molar-refractivity contribution in [2.45, 2.75) is 6.92 Å². The maximum atomic E-state index is 13.5. The van der Waals surface area contributed by atoms with Gasteiger partial charge in [0.15, 0.2) is 0 Å². The van der Waals surface area contributed by atoms with Crippen molar-refractivity contribution < 1.29 is 9.18 Å². The van der Waals surface area contributed by atoms with E-state index in [1.54, 1.807) is 12.3 Å². The lowest BCUT2D eigenvalue weighted by molar-refractivity contribution is -0.114. The zero-order valence-corrected chi connectivity index (χ0v) is 14.1. The van der Waals surface area contributed by atoms with Gasteiger partial charge in [0, 0.05) is 41.5 Å². The fraction of sp³-hybridized carbons (Fsp3) is 0.0476. The largest absolute Gasteiger partial charge is 0.346 e. The second kappa shape index (κ2) is 6.44. The SMILES string of the molecule is CC(=O)Nc1cccc(-c2c[nH]c3ncc(-c4cccc(F)c4)cc23)c1. The molecule has 4 aromatic rings. The molecule has 0 bridgehead atoms. The van der Waals surface area contributed by atoms with Crippen molar-refractivity contribution in [3.8, 4) is 22.3 Å². The van der Waals surface area contributed by atoms with E-state index < -0.39 is 0 Å². The van der Waals surface area contributed by atoms with Crippen molar-refractivity contribution in [3.63, 3.8) is 0 Å². The fourth-order valence-electron chi connectivity index (χ4n) is 3.04. The zero-order chi connectivity index (χ0) is 18.1. The number of hydrogen-bond acceptors (Lipinski definition) is 2. The van der Waals surface area contributed by atoms with Gasteiger partial charge < -0.3 is 10.3 Å². The molecule has 5 heteroatoms. The molecule has 0 unspecified atom stereocenters. The van der Waals surface area contributed by atoms with E-state index >= 15 is 0 Å². The Morgan fingerprint density at radius 2 is 1.85 bits per heavy atom. The van der Waals surface area contributed by atoms with Crippen LogP contribution in [0.25, 0.3) is 33.3 Å². The number of H-pyrrole nitrogens is 1. The Hall–Kier alpha value is -3.47. The number of nitrogens with zero attached hydrogens (tertiary/aromatic N) is 1. The quantitative estimate of drug-likeness (QED) is 0.549. The second-order valence-electron chi connectivity index (χ2n) is 6.09. The van der Waals surface area contributed by atoms with Gasteiger partial charge >= 0.3 is 0 Å². The summed E-state index contributed by atoms with van der Waals surface area (Å²) in [6.45, 7) is 1.48. The minimum atomic E-state index is -0.278. The van der Waals surface area contributed by atoms with Crippen LogP contribution in [0.5, 0.6) is 0 Å². The highest BCUT2D eigenvalue weighted by molar-refractivity contribution is 5.97. The van der Waals surface area contributed by atoms with Gasteiger partial charge in [0.25, 0.3) is 0 Å². The summed E-state index contributed by atoms with van der Waals surface area (Å²) in [7, 11) is 0. The van der Waals surface area contributed by atoms with E-state index in [-0.39, 0.29) is 11.7 Å². The molecule has 4 nitrogen and oxygen atoms in total. The summed E-state index contributed by atoms with van der Waals surface area (Å²) >= 11 is 0. The first kappa shape index (κ1) is 16.0. The number of carbonyl (C=O) groups excluding carboxylic acids is 1. The molecule has 2 aromatic carbocycles. The molecule has 0 radical (unpaired) electrons. The summed E-state index contributed by atoms with van der Waals surface area (Å²) < 4.78 is 13.5. The Morgan fingerprint density at radius 1 is 1.04 bits per heavy atom. The minimum absolute atomic E-state index is 0.115. The number of amides is 1. The standard InChI is InChI=1S/C21H16FN3O/c1-13(26)25-18-7-3-5-15(9-18)20-12-24-21-19(20)10-16(11-23-21)14-4-2-6-17(22)8-14/h2-12H,1H3,(H,23,24)(H,25,26). The van der Waals surface area contributed by atoms with Gasteiger partial charge in [-0.3, -0.25) is 4.79 Å². The molecule has 0 saturated heterocycles. The Kier molecular flexibility index (Phi) is 3.97. The number of fused-ring (bicyclic) bond motifs is 1. The van der Waals surface area contributed by atoms with Crippen LogP contribution < -0.4 is 5.32 Å². The Balaban J connectivity index is 1.81. The number of aromatic amines is 1. The number of nitrogens with one attached hydrogen (secondary N) is 2. The molecule has 2 N–H and O–H groups in total. The third-order valence-electron chi connectivity index (χ3n) is 4.18. The van der Waals surface area contributed by atoms with Gasteiger partial charge in [0.2, 0.25) is 5.91 Å². The maximum Gasteiger partial charge on any atom is 0.221 e. The summed E-state index contributed by atoms with van der Waals surface area (Å²) in [5.74, 6) is -0.393. The van der Waals surface area contributed by atoms with Crippen LogP contribution in [-0.4, -0.2) is 15.9 Å². The highest BCUT2D eigenvalue weighted by Crippen LogP contribution is 2.32. The molecular formula is C21H16FN3O. The topological polar surface area (TPSA) is 57.8 Å². The average molecular weight is 345 g/mol. The van der Waals surface area contributed by atoms with Crippen LogP contribution in [0.4, 0.5) is 10.1 Å². The van der Waals surface area contributed by atoms with E-state index in [0.717, 1.165) is 39.0 Å². The molecule has 1 amide bonds. The van der Waals surface area contributed by atoms with Crippen LogP contribution in [0.2, 0.25) is 0 Å². The molecule has 0 spiro atoms. The number of carbonyl (C=O) groups is 1. The van der Waals surface area contributed by atoms with Crippen LogP contribution >= 0.6 is 0 Å². The first-order valence-corrected chi connectivity index (χ1v) is 8.21. The predicted molar refractivity (Wildman–Crippen MR) is 101 cm³/mol. The van der Waals surface area contributed by atoms with E-state index in [2.05, 4.69) is 15.3 Å². The molecule has 0 aliphatic carbocycles. The lowest BCUT2D eigenvalue weighted by atomic mass is 10.0. The summed E-state index contributed by atoms with van der Waals surface area (Å²) in [5.41, 5.74) is 5.04. The fourth-order valence-corrected chi connectivity index (χ4v) is 3.04. The number of aromatic nitrogens is 2. The number of hydrogen-bond donors (Lipinski definition) is 2. The Labute approximate surface area is 149 Å². The summed E-state index contributed by atoms with van der Waals surface area (Å²) in [6, 6.07) is 16.1. The smallest absolute Gasteiger partial charge is 0.221 e. The van der Waals surface area contributed by atoms with E-state index in [1.807, 2.05) is 42.6 Å². The molecule has 2 aromatic heterocycles. The zero-order valence-electron chi connectivity index (χ0n) is 14.1. The molecule has 0 fully saturated rings. The number of rotatable bonds is 3. The van der Waals surface area contributed by atoms with Crippen LogP contribution in [0.1, 0.15) is 6.92 Å². The van der Waals surface area contributed by atoms with Crippen LogP contribution in [0.3, 0.4) is 0 Å². The van der Waals surface area contributed by atoms with Crippen LogP contribution in [0, 0.1) is 5.82 Å². The molecule has 4 rings (SSSR count). The molecule has 0 saturated carbocycles. The highest BCUT2D eigenvalue weighted by Gasteiger charge is 2.10. The van der Waals surface area contributed by atoms with E-state index in [0.29, 0.717) is 0 Å². The summed E-state index contributed by atoms with van der Waals surface area (Å²) in [5, 5.41) is 3.73. The molecule has 2 heterocycles.